The summed E-state index contributed by atoms with van der Waals surface area (Å²) in [5.74, 6) is 1.05. The van der Waals surface area contributed by atoms with Crippen LogP contribution in [0.2, 0.25) is 0 Å². The molecule has 0 aliphatic rings. The fourth-order valence-electron chi connectivity index (χ4n) is 0.778. The van der Waals surface area contributed by atoms with Crippen LogP contribution in [0.15, 0.2) is 0 Å². The van der Waals surface area contributed by atoms with Crippen LogP contribution in [0.4, 0.5) is 0 Å². The average molecular weight is 161 g/mol. The van der Waals surface area contributed by atoms with E-state index in [2.05, 4.69) is 6.92 Å². The minimum absolute atomic E-state index is 0.429. The molecule has 0 N–H and O–H groups in total. The van der Waals surface area contributed by atoms with E-state index in [4.69, 9.17) is 0 Å². The van der Waals surface area contributed by atoms with Gasteiger partial charge in [-0.15, -0.1) is 11.8 Å². The molecule has 61 valence electrons. The smallest absolute Gasteiger partial charge is 0.135 e. The summed E-state index contributed by atoms with van der Waals surface area (Å²) in [4.78, 5) is 0. The Morgan fingerprint density at radius 3 is 2.50 bits per heavy atom. The first-order valence-corrected chi connectivity index (χ1v) is 5.09. The van der Waals surface area contributed by atoms with E-state index in [1.165, 1.54) is 37.4 Å². The fourth-order valence-corrected chi connectivity index (χ4v) is 1.48. The van der Waals surface area contributed by atoms with Crippen LogP contribution in [0.5, 0.6) is 0 Å². The molecular formula is C8H17OS. The third-order valence-electron chi connectivity index (χ3n) is 1.35. The van der Waals surface area contributed by atoms with Crippen molar-refractivity contribution in [3.63, 3.8) is 0 Å². The average Bonchev–Trinajstić information content (AvgIpc) is 1.87. The van der Waals surface area contributed by atoms with E-state index in [0.29, 0.717) is 0 Å². The van der Waals surface area contributed by atoms with E-state index in [1.807, 2.05) is 0 Å². The monoisotopic (exact) mass is 161 g/mol. The van der Waals surface area contributed by atoms with Crippen LogP contribution in [0.3, 0.4) is 0 Å². The van der Waals surface area contributed by atoms with Crippen molar-refractivity contribution >= 4 is 11.8 Å². The summed E-state index contributed by atoms with van der Waals surface area (Å²) < 4.78 is 0. The number of hydrogen-bond donors (Lipinski definition) is 0. The van der Waals surface area contributed by atoms with E-state index in [1.54, 1.807) is 6.92 Å². The van der Waals surface area contributed by atoms with Gasteiger partial charge in [0.2, 0.25) is 0 Å². The molecule has 0 fully saturated rings. The molecule has 0 aliphatic carbocycles. The van der Waals surface area contributed by atoms with Gasteiger partial charge in [-0.2, -0.15) is 0 Å². The second-order valence-corrected chi connectivity index (χ2v) is 3.90. The Morgan fingerprint density at radius 2 is 2.00 bits per heavy atom. The molecule has 0 saturated carbocycles. The molecule has 1 radical (unpaired) electrons. The quantitative estimate of drug-likeness (QED) is 0.433. The van der Waals surface area contributed by atoms with Gasteiger partial charge < -0.3 is 0 Å². The summed E-state index contributed by atoms with van der Waals surface area (Å²) in [7, 11) is 0. The first-order valence-electron chi connectivity index (χ1n) is 4.04. The summed E-state index contributed by atoms with van der Waals surface area (Å²) in [5.41, 5.74) is -0.429. The lowest BCUT2D eigenvalue weighted by Crippen LogP contribution is -1.91. The molecule has 0 bridgehead atoms. The summed E-state index contributed by atoms with van der Waals surface area (Å²) in [6, 6.07) is 0. The highest BCUT2D eigenvalue weighted by molar-refractivity contribution is 7.99. The number of unbranched alkanes of at least 4 members (excludes halogenated alkanes) is 3. The third kappa shape index (κ3) is 8.31. The molecule has 0 aliphatic heterocycles. The molecule has 0 aromatic heterocycles. The van der Waals surface area contributed by atoms with Crippen molar-refractivity contribution in [2.24, 2.45) is 0 Å². The van der Waals surface area contributed by atoms with Gasteiger partial charge in [-0.05, 0) is 19.1 Å². The van der Waals surface area contributed by atoms with Crippen LogP contribution in [0.1, 0.15) is 39.5 Å². The molecule has 0 heterocycles. The SMILES string of the molecule is CCCCCCSC(C)[O]. The van der Waals surface area contributed by atoms with Crippen molar-refractivity contribution in [1.29, 1.82) is 0 Å². The standard InChI is InChI=1S/C8H17OS/c1-3-4-5-6-7-10-8(2)9/h8H,3-7H2,1-2H3. The molecule has 0 spiro atoms. The third-order valence-corrected chi connectivity index (χ3v) is 2.34. The van der Waals surface area contributed by atoms with Crippen molar-refractivity contribution in [1.82, 2.24) is 0 Å². The molecule has 1 atom stereocenters. The van der Waals surface area contributed by atoms with E-state index < -0.39 is 5.44 Å². The first kappa shape index (κ1) is 10.3. The molecule has 0 aromatic rings. The Hall–Kier alpha value is 0.310. The summed E-state index contributed by atoms with van der Waals surface area (Å²) in [6.45, 7) is 3.91. The summed E-state index contributed by atoms with van der Waals surface area (Å²) in [5, 5.41) is 10.5. The summed E-state index contributed by atoms with van der Waals surface area (Å²) >= 11 is 1.53. The van der Waals surface area contributed by atoms with Crippen molar-refractivity contribution < 1.29 is 5.11 Å². The second kappa shape index (κ2) is 7.42. The van der Waals surface area contributed by atoms with Crippen molar-refractivity contribution in [3.05, 3.63) is 0 Å². The highest BCUT2D eigenvalue weighted by Crippen LogP contribution is 2.11. The molecule has 1 nitrogen and oxygen atoms in total. The van der Waals surface area contributed by atoms with Gasteiger partial charge in [0.15, 0.2) is 0 Å². The molecule has 0 saturated heterocycles. The molecular weight excluding hydrogens is 144 g/mol. The van der Waals surface area contributed by atoms with Crippen LogP contribution in [-0.2, 0) is 5.11 Å². The Morgan fingerprint density at radius 1 is 1.30 bits per heavy atom. The van der Waals surface area contributed by atoms with Crippen molar-refractivity contribution in [2.75, 3.05) is 5.75 Å². The number of rotatable bonds is 6. The lowest BCUT2D eigenvalue weighted by Gasteiger charge is -2.00. The van der Waals surface area contributed by atoms with Gasteiger partial charge >= 0.3 is 0 Å². The Labute approximate surface area is 68.2 Å². The van der Waals surface area contributed by atoms with E-state index in [9.17, 15) is 5.11 Å². The maximum Gasteiger partial charge on any atom is 0.135 e. The number of hydrogen-bond acceptors (Lipinski definition) is 1. The molecule has 1 unspecified atom stereocenters. The zero-order valence-corrected chi connectivity index (χ0v) is 7.75. The molecule has 10 heavy (non-hydrogen) atoms. The molecule has 0 rings (SSSR count). The van der Waals surface area contributed by atoms with Gasteiger partial charge in [-0.25, -0.2) is 5.11 Å². The Kier molecular flexibility index (Phi) is 7.65. The van der Waals surface area contributed by atoms with Crippen LogP contribution in [-0.4, -0.2) is 11.2 Å². The van der Waals surface area contributed by atoms with Crippen LogP contribution in [0, 0.1) is 0 Å². The molecule has 2 heteroatoms. The van der Waals surface area contributed by atoms with Crippen molar-refractivity contribution in [2.45, 2.75) is 45.0 Å². The largest absolute Gasteiger partial charge is 0.222 e. The van der Waals surface area contributed by atoms with Crippen LogP contribution < -0.4 is 0 Å². The lowest BCUT2D eigenvalue weighted by atomic mass is 10.2. The van der Waals surface area contributed by atoms with Crippen molar-refractivity contribution in [3.8, 4) is 0 Å². The maximum atomic E-state index is 10.5. The predicted octanol–water partition coefficient (Wildman–Crippen LogP) is 3.08. The highest BCUT2D eigenvalue weighted by atomic mass is 32.2. The van der Waals surface area contributed by atoms with Gasteiger partial charge in [0, 0.05) is 0 Å². The first-order chi connectivity index (χ1) is 4.77. The fraction of sp³-hybridized carbons (Fsp3) is 1.00. The highest BCUT2D eigenvalue weighted by Gasteiger charge is 1.95. The lowest BCUT2D eigenvalue weighted by molar-refractivity contribution is 0.181. The molecule has 0 aromatic carbocycles. The van der Waals surface area contributed by atoms with Crippen LogP contribution >= 0.6 is 11.8 Å². The zero-order valence-electron chi connectivity index (χ0n) is 6.93. The Bertz CT molecular complexity index is 64.3. The van der Waals surface area contributed by atoms with Gasteiger partial charge in [0.05, 0.1) is 0 Å². The zero-order chi connectivity index (χ0) is 7.82. The van der Waals surface area contributed by atoms with Gasteiger partial charge in [-0.1, -0.05) is 26.2 Å². The van der Waals surface area contributed by atoms with E-state index >= 15 is 0 Å². The van der Waals surface area contributed by atoms with E-state index in [0.717, 1.165) is 5.75 Å². The maximum absolute atomic E-state index is 10.5. The minimum Gasteiger partial charge on any atom is -0.222 e. The second-order valence-electron chi connectivity index (χ2n) is 2.50. The van der Waals surface area contributed by atoms with E-state index in [-0.39, 0.29) is 0 Å². The minimum atomic E-state index is -0.429. The van der Waals surface area contributed by atoms with Gasteiger partial charge in [-0.3, -0.25) is 0 Å². The van der Waals surface area contributed by atoms with Gasteiger partial charge in [0.25, 0.3) is 0 Å². The normalized spacial score (nSPS) is 13.5. The topological polar surface area (TPSA) is 19.9 Å². The van der Waals surface area contributed by atoms with Gasteiger partial charge in [0.1, 0.15) is 5.44 Å². The predicted molar refractivity (Wildman–Crippen MR) is 46.7 cm³/mol. The summed E-state index contributed by atoms with van der Waals surface area (Å²) in [6.07, 6.45) is 5.09. The Balaban J connectivity index is 2.77. The molecule has 0 amide bonds. The number of thioether (sulfide) groups is 1. The van der Waals surface area contributed by atoms with Crippen LogP contribution in [0.25, 0.3) is 0 Å².